The zero-order valence-electron chi connectivity index (χ0n) is 28.7. The van der Waals surface area contributed by atoms with Crippen LogP contribution in [0.3, 0.4) is 0 Å². The maximum absolute atomic E-state index is 6.22. The molecule has 1 N–H and O–H groups in total. The summed E-state index contributed by atoms with van der Waals surface area (Å²) in [6.07, 6.45) is 11.6. The molecule has 0 amide bonds. The first kappa shape index (κ1) is 32.6. The minimum absolute atomic E-state index is 0.433. The largest absolute Gasteiger partial charge is 0.360 e. The number of thiophene rings is 1. The second kappa shape index (κ2) is 13.9. The van der Waals surface area contributed by atoms with Crippen LogP contribution in [-0.2, 0) is 18.0 Å². The molecule has 6 aromatic rings. The molecule has 4 aromatic heterocycles. The van der Waals surface area contributed by atoms with Crippen molar-refractivity contribution in [2.24, 2.45) is 11.0 Å². The van der Waals surface area contributed by atoms with E-state index in [1.807, 2.05) is 42.5 Å². The molecule has 1 fully saturated rings. The van der Waals surface area contributed by atoms with Crippen LogP contribution >= 0.6 is 11.3 Å². The fraction of sp³-hybridized carbons (Fsp3) is 0.405. The third-order valence-corrected chi connectivity index (χ3v) is 12.0. The fourth-order valence-electron chi connectivity index (χ4n) is 6.52. The number of benzene rings is 2. The number of ether oxygens (including phenoxy) is 1. The minimum atomic E-state index is -1.19. The fourth-order valence-corrected chi connectivity index (χ4v) is 8.36. The van der Waals surface area contributed by atoms with Gasteiger partial charge in [-0.05, 0) is 79.5 Å². The van der Waals surface area contributed by atoms with E-state index in [-0.39, 0.29) is 0 Å². The molecular weight excluding hydrogens is 633 g/mol. The van der Waals surface area contributed by atoms with E-state index < -0.39 is 8.07 Å². The maximum atomic E-state index is 6.22. The molecule has 1 aliphatic heterocycles. The van der Waals surface area contributed by atoms with E-state index in [4.69, 9.17) is 19.8 Å². The Morgan fingerprint density at radius 3 is 2.77 bits per heavy atom. The third-order valence-electron chi connectivity index (χ3n) is 9.16. The van der Waals surface area contributed by atoms with Gasteiger partial charge in [-0.15, -0.1) is 11.3 Å². The molecule has 7 rings (SSSR count). The van der Waals surface area contributed by atoms with Crippen LogP contribution in [0.5, 0.6) is 0 Å². The highest BCUT2D eigenvalue weighted by molar-refractivity contribution is 7.22. The van der Waals surface area contributed by atoms with Crippen molar-refractivity contribution in [2.45, 2.75) is 58.2 Å². The standard InChI is InChI=1S/C37H46N8OSSi/c1-43(2)40-23-35-39-22-32-36(42-35)31(24-44(32)14-12-26-9-8-13-38-20-26)28-17-29-21-41-45(25-46-15-16-48(3,4)5)37(29)30(18-28)34-19-27-10-6-7-11-33(27)47-34/h6-7,10-11,17-19,21-24,26,38H,8-9,12-16,20,25H2,1-5H3. The Morgan fingerprint density at radius 2 is 1.98 bits per heavy atom. The monoisotopic (exact) mass is 678 g/mol. The molecule has 1 atom stereocenters. The van der Waals surface area contributed by atoms with Gasteiger partial charge in [0.2, 0.25) is 0 Å². The van der Waals surface area contributed by atoms with Gasteiger partial charge in [-0.25, -0.2) is 14.6 Å². The van der Waals surface area contributed by atoms with Crippen LogP contribution in [0, 0.1) is 5.92 Å². The van der Waals surface area contributed by atoms with Gasteiger partial charge in [-0.3, -0.25) is 0 Å². The number of aryl methyl sites for hydroxylation is 1. The highest BCUT2D eigenvalue weighted by atomic mass is 32.1. The molecule has 0 saturated carbocycles. The molecule has 0 aliphatic carbocycles. The van der Waals surface area contributed by atoms with E-state index in [0.29, 0.717) is 18.5 Å². The van der Waals surface area contributed by atoms with Gasteiger partial charge in [-0.1, -0.05) is 37.8 Å². The molecule has 0 bridgehead atoms. The highest BCUT2D eigenvalue weighted by Crippen LogP contribution is 2.41. The number of hydrazone groups is 1. The van der Waals surface area contributed by atoms with Gasteiger partial charge in [0.15, 0.2) is 5.82 Å². The van der Waals surface area contributed by atoms with Crippen LogP contribution in [0.4, 0.5) is 0 Å². The summed E-state index contributed by atoms with van der Waals surface area (Å²) in [5, 5.41) is 17.0. The summed E-state index contributed by atoms with van der Waals surface area (Å²) in [4.78, 5) is 11.0. The summed E-state index contributed by atoms with van der Waals surface area (Å²) in [5.74, 6) is 1.28. The lowest BCUT2D eigenvalue weighted by atomic mass is 9.96. The Hall–Kier alpha value is -3.90. The second-order valence-corrected chi connectivity index (χ2v) is 21.1. The minimum Gasteiger partial charge on any atom is -0.360 e. The van der Waals surface area contributed by atoms with Crippen LogP contribution in [0.1, 0.15) is 25.1 Å². The first-order chi connectivity index (χ1) is 23.2. The van der Waals surface area contributed by atoms with Crippen molar-refractivity contribution in [1.82, 2.24) is 34.6 Å². The van der Waals surface area contributed by atoms with Crippen LogP contribution in [0.25, 0.3) is 53.6 Å². The number of aromatic nitrogens is 5. The summed E-state index contributed by atoms with van der Waals surface area (Å²) < 4.78 is 11.9. The summed E-state index contributed by atoms with van der Waals surface area (Å²) in [5.41, 5.74) is 6.46. The van der Waals surface area contributed by atoms with Crippen LogP contribution in [-0.4, -0.2) is 77.4 Å². The number of hydrogen-bond acceptors (Lipinski definition) is 8. The van der Waals surface area contributed by atoms with Crippen LogP contribution in [0.2, 0.25) is 25.7 Å². The molecule has 11 heteroatoms. The summed E-state index contributed by atoms with van der Waals surface area (Å²) >= 11 is 1.82. The quantitative estimate of drug-likeness (QED) is 0.0613. The average Bonchev–Trinajstić information content (AvgIpc) is 3.79. The van der Waals surface area contributed by atoms with Crippen molar-refractivity contribution in [1.29, 1.82) is 0 Å². The normalized spacial score (nSPS) is 15.8. The Labute approximate surface area is 287 Å². The van der Waals surface area contributed by atoms with E-state index in [9.17, 15) is 0 Å². The lowest BCUT2D eigenvalue weighted by Crippen LogP contribution is -2.30. The molecule has 1 unspecified atom stereocenters. The molecule has 2 aromatic carbocycles. The average molecular weight is 679 g/mol. The van der Waals surface area contributed by atoms with Crippen molar-refractivity contribution in [3.05, 3.63) is 66.9 Å². The van der Waals surface area contributed by atoms with Gasteiger partial charge >= 0.3 is 0 Å². The predicted molar refractivity (Wildman–Crippen MR) is 203 cm³/mol. The predicted octanol–water partition coefficient (Wildman–Crippen LogP) is 7.93. The Morgan fingerprint density at radius 1 is 1.10 bits per heavy atom. The molecule has 9 nitrogen and oxygen atoms in total. The lowest BCUT2D eigenvalue weighted by molar-refractivity contribution is 0.0817. The Bertz CT molecular complexity index is 2030. The molecule has 5 heterocycles. The Kier molecular flexibility index (Phi) is 9.46. The molecule has 48 heavy (non-hydrogen) atoms. The van der Waals surface area contributed by atoms with Crippen molar-refractivity contribution in [3.8, 4) is 21.6 Å². The highest BCUT2D eigenvalue weighted by Gasteiger charge is 2.21. The zero-order valence-corrected chi connectivity index (χ0v) is 30.6. The molecule has 1 aliphatic rings. The van der Waals surface area contributed by atoms with E-state index in [2.05, 4.69) is 83.3 Å². The number of rotatable bonds is 12. The van der Waals surface area contributed by atoms with Crippen LogP contribution < -0.4 is 5.32 Å². The summed E-state index contributed by atoms with van der Waals surface area (Å²) in [7, 11) is 2.61. The van der Waals surface area contributed by atoms with Crippen molar-refractivity contribution in [2.75, 3.05) is 33.8 Å². The Balaban J connectivity index is 1.34. The second-order valence-electron chi connectivity index (χ2n) is 14.4. The molecule has 0 spiro atoms. The van der Waals surface area contributed by atoms with E-state index in [1.54, 1.807) is 11.2 Å². The summed E-state index contributed by atoms with van der Waals surface area (Å²) in [6.45, 7) is 11.5. The summed E-state index contributed by atoms with van der Waals surface area (Å²) in [6, 6.07) is 16.6. The number of piperidine rings is 1. The molecule has 250 valence electrons. The topological polar surface area (TPSA) is 85.4 Å². The smallest absolute Gasteiger partial charge is 0.173 e. The van der Waals surface area contributed by atoms with Crippen LogP contribution in [0.15, 0.2) is 66.2 Å². The third kappa shape index (κ3) is 7.24. The van der Waals surface area contributed by atoms with E-state index >= 15 is 0 Å². The zero-order chi connectivity index (χ0) is 33.3. The lowest BCUT2D eigenvalue weighted by Gasteiger charge is -2.22. The van der Waals surface area contributed by atoms with Gasteiger partial charge in [-0.2, -0.15) is 10.2 Å². The van der Waals surface area contributed by atoms with Gasteiger partial charge < -0.3 is 19.6 Å². The van der Waals surface area contributed by atoms with Gasteiger partial charge in [0.05, 0.1) is 29.6 Å². The molecule has 0 radical (unpaired) electrons. The van der Waals surface area contributed by atoms with Crippen molar-refractivity contribution >= 4 is 57.6 Å². The number of fused-ring (bicyclic) bond motifs is 3. The number of nitrogens with zero attached hydrogens (tertiary/aromatic N) is 7. The number of nitrogens with one attached hydrogen (secondary N) is 1. The van der Waals surface area contributed by atoms with Gasteiger partial charge in [0.25, 0.3) is 0 Å². The molecule has 1 saturated heterocycles. The van der Waals surface area contributed by atoms with E-state index in [1.165, 1.54) is 27.8 Å². The van der Waals surface area contributed by atoms with Gasteiger partial charge in [0.1, 0.15) is 12.2 Å². The SMILES string of the molecule is CN(C)N=Cc1ncc2c(n1)c(-c1cc(-c3cc4ccccc4s3)c3c(cnn3COCC[Si](C)(C)C)c1)cn2CCC1CCCNC1. The number of hydrogen-bond donors (Lipinski definition) is 1. The molecular formula is C37H46N8OSSi. The maximum Gasteiger partial charge on any atom is 0.173 e. The first-order valence-corrected chi connectivity index (χ1v) is 21.6. The van der Waals surface area contributed by atoms with Crippen molar-refractivity contribution < 1.29 is 4.74 Å². The van der Waals surface area contributed by atoms with E-state index in [0.717, 1.165) is 77.3 Å². The van der Waals surface area contributed by atoms with Gasteiger partial charge in [0, 0.05) is 67.6 Å². The van der Waals surface area contributed by atoms with Crippen molar-refractivity contribution in [3.63, 3.8) is 0 Å². The first-order valence-electron chi connectivity index (χ1n) is 17.1.